The van der Waals surface area contributed by atoms with E-state index < -0.39 is 11.8 Å². The average Bonchev–Trinajstić information content (AvgIpc) is 3.00. The third-order valence-electron chi connectivity index (χ3n) is 8.42. The molecular formula is C34H36FN5O4. The van der Waals surface area contributed by atoms with Crippen LogP contribution in [-0.2, 0) is 19.5 Å². The summed E-state index contributed by atoms with van der Waals surface area (Å²) >= 11 is 0. The minimum atomic E-state index is -1.27. The van der Waals surface area contributed by atoms with Crippen LogP contribution < -0.4 is 14.4 Å². The molecule has 2 fully saturated rings. The number of aromatic carboxylic acids is 1. The molecule has 7 rings (SSSR count). The van der Waals surface area contributed by atoms with Crippen LogP contribution in [0.4, 0.5) is 10.2 Å². The number of fused-ring (bicyclic) bond motifs is 1. The molecule has 0 atom stereocenters. The van der Waals surface area contributed by atoms with Crippen LogP contribution in [0.1, 0.15) is 53.9 Å². The highest BCUT2D eigenvalue weighted by molar-refractivity contribution is 5.91. The van der Waals surface area contributed by atoms with E-state index in [1.54, 1.807) is 0 Å². The molecule has 1 N–H and O–H groups in total. The maximum absolute atomic E-state index is 13.6. The lowest BCUT2D eigenvalue weighted by molar-refractivity contribution is -0.0353. The van der Waals surface area contributed by atoms with Crippen LogP contribution in [0, 0.1) is 11.2 Å². The Bertz CT molecular complexity index is 1620. The smallest absolute Gasteiger partial charge is 0.339 e. The zero-order valence-electron chi connectivity index (χ0n) is 24.9. The number of hydrogen-bond acceptors (Lipinski definition) is 8. The largest absolute Gasteiger partial charge is 0.490 e. The van der Waals surface area contributed by atoms with Gasteiger partial charge in [0.25, 0.3) is 0 Å². The van der Waals surface area contributed by atoms with E-state index in [-0.39, 0.29) is 22.8 Å². The zero-order valence-corrected chi connectivity index (χ0v) is 24.9. The molecule has 1 saturated heterocycles. The number of benzene rings is 2. The Balaban J connectivity index is 0.00000168. The molecule has 10 heteroatoms. The maximum Gasteiger partial charge on any atom is 0.339 e. The molecule has 1 aliphatic carbocycles. The van der Waals surface area contributed by atoms with Crippen molar-refractivity contribution in [1.29, 1.82) is 0 Å². The summed E-state index contributed by atoms with van der Waals surface area (Å²) in [6, 6.07) is 15.9. The maximum atomic E-state index is 13.6. The zero-order chi connectivity index (χ0) is 30.7. The fourth-order valence-corrected chi connectivity index (χ4v) is 6.39. The molecule has 4 aromatic rings. The van der Waals surface area contributed by atoms with Crippen molar-refractivity contribution in [2.75, 3.05) is 24.5 Å². The summed E-state index contributed by atoms with van der Waals surface area (Å²) in [6.07, 6.45) is 7.74. The number of anilines is 1. The van der Waals surface area contributed by atoms with E-state index in [1.165, 1.54) is 35.8 Å². The van der Waals surface area contributed by atoms with Crippen LogP contribution in [-0.4, -0.2) is 56.7 Å². The lowest BCUT2D eigenvalue weighted by Crippen LogP contribution is -2.65. The second-order valence-electron chi connectivity index (χ2n) is 11.4. The van der Waals surface area contributed by atoms with Gasteiger partial charge in [0, 0.05) is 62.0 Å². The highest BCUT2D eigenvalue weighted by atomic mass is 19.1. The summed E-state index contributed by atoms with van der Waals surface area (Å²) in [5.41, 5.74) is 3.51. The Labute approximate surface area is 256 Å². The third-order valence-corrected chi connectivity index (χ3v) is 8.42. The molecule has 4 heterocycles. The molecule has 0 unspecified atom stereocenters. The van der Waals surface area contributed by atoms with Crippen LogP contribution in [0.5, 0.6) is 17.2 Å². The van der Waals surface area contributed by atoms with E-state index in [1.807, 2.05) is 32.2 Å². The van der Waals surface area contributed by atoms with Crippen LogP contribution in [0.2, 0.25) is 0 Å². The van der Waals surface area contributed by atoms with E-state index in [4.69, 9.17) is 9.47 Å². The fourth-order valence-electron chi connectivity index (χ4n) is 6.39. The van der Waals surface area contributed by atoms with Crippen molar-refractivity contribution in [3.05, 3.63) is 102 Å². The first-order valence-corrected chi connectivity index (χ1v) is 15.1. The minimum Gasteiger partial charge on any atom is -0.490 e. The topological polar surface area (TPSA) is 101 Å². The van der Waals surface area contributed by atoms with Crippen molar-refractivity contribution in [1.82, 2.24) is 19.9 Å². The minimum absolute atomic E-state index is 0.0373. The van der Waals surface area contributed by atoms with Gasteiger partial charge < -0.3 is 19.5 Å². The standard InChI is InChI=1S/C32H30FN5O4.C2H6/c33-22-6-7-27(24(12-22)31(39)40)42-29-15-34-20-36-30(29)38-18-32(19-38)13-23(14-32)41-28-8-10-35-26-9-11-37(17-25(26)28)16-21-4-2-1-3-5-21;1-2/h1-8,10,12,15,20,23H,9,11,13-14,16-19H2,(H,39,40);1-2H3. The summed E-state index contributed by atoms with van der Waals surface area (Å²) in [5.74, 6) is -0.0262. The Morgan fingerprint density at radius 3 is 2.61 bits per heavy atom. The van der Waals surface area contributed by atoms with E-state index in [0.717, 1.165) is 69.5 Å². The van der Waals surface area contributed by atoms with Crippen LogP contribution in [0.15, 0.2) is 73.3 Å². The number of aromatic nitrogens is 3. The third kappa shape index (κ3) is 6.07. The van der Waals surface area contributed by atoms with E-state index in [9.17, 15) is 14.3 Å². The molecule has 0 bridgehead atoms. The average molecular weight is 598 g/mol. The highest BCUT2D eigenvalue weighted by Gasteiger charge is 2.54. The lowest BCUT2D eigenvalue weighted by atomic mass is 9.61. The van der Waals surface area contributed by atoms with Gasteiger partial charge in [0.05, 0.1) is 6.20 Å². The first-order valence-electron chi connectivity index (χ1n) is 15.1. The number of ether oxygens (including phenoxy) is 2. The Morgan fingerprint density at radius 1 is 1.05 bits per heavy atom. The van der Waals surface area contributed by atoms with Crippen molar-refractivity contribution >= 4 is 11.8 Å². The predicted molar refractivity (Wildman–Crippen MR) is 164 cm³/mol. The molecule has 44 heavy (non-hydrogen) atoms. The summed E-state index contributed by atoms with van der Waals surface area (Å²) in [6.45, 7) is 8.29. The fraction of sp³-hybridized carbons (Fsp3) is 0.353. The number of pyridine rings is 1. The lowest BCUT2D eigenvalue weighted by Gasteiger charge is -2.59. The summed E-state index contributed by atoms with van der Waals surface area (Å²) in [7, 11) is 0. The van der Waals surface area contributed by atoms with E-state index >= 15 is 0 Å². The second kappa shape index (κ2) is 12.6. The molecule has 228 valence electrons. The molecule has 0 amide bonds. The second-order valence-corrected chi connectivity index (χ2v) is 11.4. The van der Waals surface area contributed by atoms with Crippen molar-refractivity contribution in [3.8, 4) is 17.2 Å². The van der Waals surface area contributed by atoms with Gasteiger partial charge in [0.2, 0.25) is 0 Å². The predicted octanol–water partition coefficient (Wildman–Crippen LogP) is 6.13. The Kier molecular flexibility index (Phi) is 8.43. The number of hydrogen-bond donors (Lipinski definition) is 1. The van der Waals surface area contributed by atoms with Gasteiger partial charge in [-0.2, -0.15) is 0 Å². The number of halogens is 1. The van der Waals surface area contributed by atoms with Gasteiger partial charge in [-0.05, 0) is 42.7 Å². The Morgan fingerprint density at radius 2 is 1.84 bits per heavy atom. The molecule has 2 aliphatic heterocycles. The number of carboxylic acids is 1. The summed E-state index contributed by atoms with van der Waals surface area (Å²) in [5, 5.41) is 9.47. The summed E-state index contributed by atoms with van der Waals surface area (Å²) in [4.78, 5) is 29.3. The van der Waals surface area contributed by atoms with Crippen LogP contribution in [0.3, 0.4) is 0 Å². The summed E-state index contributed by atoms with van der Waals surface area (Å²) < 4.78 is 26.1. The van der Waals surface area contributed by atoms with Gasteiger partial charge in [-0.1, -0.05) is 44.2 Å². The van der Waals surface area contributed by atoms with Crippen molar-refractivity contribution in [3.63, 3.8) is 0 Å². The Hall–Kier alpha value is -4.57. The van der Waals surface area contributed by atoms with Crippen molar-refractivity contribution < 1.29 is 23.8 Å². The van der Waals surface area contributed by atoms with Gasteiger partial charge >= 0.3 is 5.97 Å². The quantitative estimate of drug-likeness (QED) is 0.257. The SMILES string of the molecule is CC.O=C(O)c1cc(F)ccc1Oc1cncnc1N1CC2(CC(Oc3ccnc4c3CN(Cc3ccccc3)CC4)C2)C1. The van der Waals surface area contributed by atoms with Gasteiger partial charge in [-0.25, -0.2) is 19.2 Å². The van der Waals surface area contributed by atoms with Gasteiger partial charge in [-0.15, -0.1) is 0 Å². The number of carboxylic acid groups (broad SMARTS) is 1. The van der Waals surface area contributed by atoms with E-state index in [0.29, 0.717) is 11.6 Å². The molecule has 2 aromatic heterocycles. The monoisotopic (exact) mass is 597 g/mol. The molecule has 0 radical (unpaired) electrons. The first-order chi connectivity index (χ1) is 21.4. The first kappa shape index (κ1) is 29.5. The van der Waals surface area contributed by atoms with Gasteiger partial charge in [-0.3, -0.25) is 9.88 Å². The van der Waals surface area contributed by atoms with Crippen LogP contribution >= 0.6 is 0 Å². The van der Waals surface area contributed by atoms with Crippen molar-refractivity contribution in [2.24, 2.45) is 5.41 Å². The number of carbonyl (C=O) groups is 1. The van der Waals surface area contributed by atoms with Gasteiger partial charge in [0.1, 0.15) is 35.3 Å². The molecule has 1 saturated carbocycles. The molecule has 9 nitrogen and oxygen atoms in total. The molecule has 3 aliphatic rings. The van der Waals surface area contributed by atoms with Gasteiger partial charge in [0.15, 0.2) is 11.6 Å². The van der Waals surface area contributed by atoms with E-state index in [2.05, 4.69) is 49.0 Å². The highest BCUT2D eigenvalue weighted by Crippen LogP contribution is 2.52. The molecule has 2 aromatic carbocycles. The molecular weight excluding hydrogens is 561 g/mol. The normalized spacial score (nSPS) is 17.0. The van der Waals surface area contributed by atoms with Crippen LogP contribution in [0.25, 0.3) is 0 Å². The number of rotatable bonds is 8. The number of nitrogens with zero attached hydrogens (tertiary/aromatic N) is 5. The molecule has 1 spiro atoms. The van der Waals surface area contributed by atoms with Crippen molar-refractivity contribution in [2.45, 2.75) is 52.3 Å².